The average molecular weight is 445 g/mol. The van der Waals surface area contributed by atoms with Gasteiger partial charge >= 0.3 is 5.97 Å². The summed E-state index contributed by atoms with van der Waals surface area (Å²) in [5.74, 6) is -0.225. The largest absolute Gasteiger partial charge is 0.497 e. The fourth-order valence-electron chi connectivity index (χ4n) is 4.33. The second-order valence-corrected chi connectivity index (χ2v) is 8.32. The number of carbonyl (C=O) groups is 2. The summed E-state index contributed by atoms with van der Waals surface area (Å²) in [6.45, 7) is 1.84. The third-order valence-corrected chi connectivity index (χ3v) is 6.33. The van der Waals surface area contributed by atoms with Gasteiger partial charge in [0.05, 0.1) is 30.3 Å². The van der Waals surface area contributed by atoms with Crippen LogP contribution in [0.2, 0.25) is 0 Å². The number of hydrogen-bond acceptors (Lipinski definition) is 4. The molecule has 2 aliphatic rings. The Balaban J connectivity index is 1.81. The van der Waals surface area contributed by atoms with Crippen LogP contribution in [0, 0.1) is 0 Å². The van der Waals surface area contributed by atoms with E-state index < -0.39 is 11.4 Å². The minimum Gasteiger partial charge on any atom is -0.497 e. The summed E-state index contributed by atoms with van der Waals surface area (Å²) in [4.78, 5) is 29.1. The van der Waals surface area contributed by atoms with E-state index in [1.165, 1.54) is 0 Å². The molecule has 1 amide bonds. The highest BCUT2D eigenvalue weighted by Gasteiger charge is 2.54. The molecule has 0 aliphatic carbocycles. The Kier molecular flexibility index (Phi) is 4.67. The number of carboxylic acid groups (broad SMARTS) is 1. The lowest BCUT2D eigenvalue weighted by Crippen LogP contribution is -2.41. The molecule has 1 atom stereocenters. The van der Waals surface area contributed by atoms with Crippen molar-refractivity contribution in [3.05, 3.63) is 57.6 Å². The molecule has 1 fully saturated rings. The Morgan fingerprint density at radius 1 is 1.29 bits per heavy atom. The first-order valence-corrected chi connectivity index (χ1v) is 9.86. The van der Waals surface area contributed by atoms with Crippen molar-refractivity contribution in [2.45, 2.75) is 18.4 Å². The number of carbonyl (C=O) groups excluding carboxylic acids is 1. The fourth-order valence-corrected chi connectivity index (χ4v) is 5.16. The Bertz CT molecular complexity index is 960. The van der Waals surface area contributed by atoms with Crippen LogP contribution >= 0.6 is 15.9 Å². The van der Waals surface area contributed by atoms with Crippen molar-refractivity contribution in [2.24, 2.45) is 0 Å². The zero-order valence-electron chi connectivity index (χ0n) is 15.7. The lowest BCUT2D eigenvalue weighted by molar-refractivity contribution is -0.122. The number of ether oxygens (including phenoxy) is 1. The molecule has 6 nitrogen and oxygen atoms in total. The van der Waals surface area contributed by atoms with E-state index in [0.717, 1.165) is 29.8 Å². The monoisotopic (exact) mass is 444 g/mol. The number of rotatable bonds is 4. The van der Waals surface area contributed by atoms with Gasteiger partial charge in [-0.25, -0.2) is 4.79 Å². The third-order valence-electron chi connectivity index (χ3n) is 5.70. The fraction of sp³-hybridized carbons (Fsp3) is 0.333. The van der Waals surface area contributed by atoms with Gasteiger partial charge in [0.15, 0.2) is 0 Å². The van der Waals surface area contributed by atoms with E-state index in [2.05, 4.69) is 20.8 Å². The van der Waals surface area contributed by atoms with E-state index >= 15 is 0 Å². The molecule has 2 aromatic rings. The number of nitrogens with zero attached hydrogens (tertiary/aromatic N) is 2. The van der Waals surface area contributed by atoms with Crippen molar-refractivity contribution < 1.29 is 19.4 Å². The zero-order valence-corrected chi connectivity index (χ0v) is 17.3. The summed E-state index contributed by atoms with van der Waals surface area (Å²) >= 11 is 3.55. The highest BCUT2D eigenvalue weighted by Crippen LogP contribution is 2.51. The van der Waals surface area contributed by atoms with Crippen molar-refractivity contribution in [1.82, 2.24) is 4.90 Å². The predicted molar refractivity (Wildman–Crippen MR) is 109 cm³/mol. The molecule has 0 saturated carbocycles. The summed E-state index contributed by atoms with van der Waals surface area (Å²) in [6, 6.07) is 10.8. The highest BCUT2D eigenvalue weighted by molar-refractivity contribution is 9.10. The zero-order chi connectivity index (χ0) is 20.1. The van der Waals surface area contributed by atoms with Crippen LogP contribution in [0.15, 0.2) is 40.9 Å². The maximum absolute atomic E-state index is 13.6. The molecule has 2 heterocycles. The van der Waals surface area contributed by atoms with E-state index in [9.17, 15) is 14.7 Å². The molecule has 0 bridgehead atoms. The van der Waals surface area contributed by atoms with Gasteiger partial charge in [0, 0.05) is 16.6 Å². The smallest absolute Gasteiger partial charge is 0.335 e. The number of amides is 1. The Morgan fingerprint density at radius 2 is 2.00 bits per heavy atom. The quantitative estimate of drug-likeness (QED) is 0.783. The average Bonchev–Trinajstić information content (AvgIpc) is 3.16. The van der Waals surface area contributed by atoms with Crippen LogP contribution in [0.5, 0.6) is 5.75 Å². The van der Waals surface area contributed by atoms with E-state index in [0.29, 0.717) is 23.2 Å². The second-order valence-electron chi connectivity index (χ2n) is 7.47. The molecule has 4 rings (SSSR count). The van der Waals surface area contributed by atoms with Gasteiger partial charge in [0.2, 0.25) is 5.91 Å². The SMILES string of the molecule is COc1ccc(CN2C(=O)C3(CCN(C)C3)c3c(Br)cc(C(=O)O)cc32)cc1. The third kappa shape index (κ3) is 2.89. The van der Waals surface area contributed by atoms with Crippen molar-refractivity contribution >= 4 is 33.5 Å². The Hall–Kier alpha value is -2.38. The van der Waals surface area contributed by atoms with Gasteiger partial charge in [-0.15, -0.1) is 0 Å². The van der Waals surface area contributed by atoms with Crippen LogP contribution in [-0.4, -0.2) is 49.1 Å². The van der Waals surface area contributed by atoms with E-state index in [1.807, 2.05) is 31.3 Å². The normalized spacial score (nSPS) is 21.4. The standard InChI is InChI=1S/C21H21BrN2O4/c1-23-8-7-21(12-23)18-16(22)9-14(19(25)26)10-17(18)24(20(21)27)11-13-3-5-15(28-2)6-4-13/h3-6,9-10H,7-8,11-12H2,1-2H3,(H,25,26). The number of likely N-dealkylation sites (N-methyl/N-ethyl adjacent to an activating group) is 1. The van der Waals surface area contributed by atoms with Crippen LogP contribution in [0.25, 0.3) is 0 Å². The molecule has 2 aliphatic heterocycles. The number of benzene rings is 2. The van der Waals surface area contributed by atoms with Crippen molar-refractivity contribution in [2.75, 3.05) is 32.1 Å². The maximum Gasteiger partial charge on any atom is 0.335 e. The number of halogens is 1. The molecule has 1 saturated heterocycles. The van der Waals surface area contributed by atoms with Gasteiger partial charge in [0.25, 0.3) is 0 Å². The number of likely N-dealkylation sites (tertiary alicyclic amines) is 1. The summed E-state index contributed by atoms with van der Waals surface area (Å²) in [5, 5.41) is 9.49. The Morgan fingerprint density at radius 3 is 2.57 bits per heavy atom. The topological polar surface area (TPSA) is 70.1 Å². The molecular formula is C21H21BrN2O4. The summed E-state index contributed by atoms with van der Waals surface area (Å²) in [5.41, 5.74) is 2.08. The van der Waals surface area contributed by atoms with E-state index in [-0.39, 0.29) is 11.5 Å². The van der Waals surface area contributed by atoms with Gasteiger partial charge in [0.1, 0.15) is 5.75 Å². The number of methoxy groups -OCH3 is 1. The molecule has 2 aromatic carbocycles. The molecule has 0 radical (unpaired) electrons. The van der Waals surface area contributed by atoms with Crippen LogP contribution in [-0.2, 0) is 16.8 Å². The summed E-state index contributed by atoms with van der Waals surface area (Å²) < 4.78 is 5.89. The van der Waals surface area contributed by atoms with E-state index in [1.54, 1.807) is 24.1 Å². The van der Waals surface area contributed by atoms with Gasteiger partial charge in [-0.2, -0.15) is 0 Å². The Labute approximate surface area is 171 Å². The molecule has 28 heavy (non-hydrogen) atoms. The molecule has 1 spiro atoms. The molecule has 146 valence electrons. The summed E-state index contributed by atoms with van der Waals surface area (Å²) in [6.07, 6.45) is 0.722. The molecule has 1 unspecified atom stereocenters. The molecule has 1 N–H and O–H groups in total. The van der Waals surface area contributed by atoms with Crippen molar-refractivity contribution in [1.29, 1.82) is 0 Å². The summed E-state index contributed by atoms with van der Waals surface area (Å²) in [7, 11) is 3.62. The predicted octanol–water partition coefficient (Wildman–Crippen LogP) is 3.28. The van der Waals surface area contributed by atoms with Gasteiger partial charge < -0.3 is 19.6 Å². The van der Waals surface area contributed by atoms with Crippen LogP contribution in [0.3, 0.4) is 0 Å². The van der Waals surface area contributed by atoms with E-state index in [4.69, 9.17) is 4.74 Å². The van der Waals surface area contributed by atoms with Gasteiger partial charge in [-0.1, -0.05) is 28.1 Å². The molecular weight excluding hydrogens is 424 g/mol. The molecule has 7 heteroatoms. The maximum atomic E-state index is 13.6. The minimum atomic E-state index is -1.01. The van der Waals surface area contributed by atoms with Crippen molar-refractivity contribution in [3.8, 4) is 5.75 Å². The van der Waals surface area contributed by atoms with Crippen LogP contribution in [0.1, 0.15) is 27.9 Å². The minimum absolute atomic E-state index is 0.0332. The van der Waals surface area contributed by atoms with Gasteiger partial charge in [-0.3, -0.25) is 4.79 Å². The lowest BCUT2D eigenvalue weighted by atomic mass is 9.80. The number of anilines is 1. The first-order valence-electron chi connectivity index (χ1n) is 9.06. The number of fused-ring (bicyclic) bond motifs is 2. The first-order chi connectivity index (χ1) is 13.4. The number of aromatic carboxylic acids is 1. The van der Waals surface area contributed by atoms with Crippen molar-refractivity contribution in [3.63, 3.8) is 0 Å². The lowest BCUT2D eigenvalue weighted by Gasteiger charge is -2.24. The highest BCUT2D eigenvalue weighted by atomic mass is 79.9. The van der Waals surface area contributed by atoms with Crippen LogP contribution in [0.4, 0.5) is 5.69 Å². The van der Waals surface area contributed by atoms with Crippen LogP contribution < -0.4 is 9.64 Å². The number of carboxylic acids is 1. The molecule has 0 aromatic heterocycles. The second kappa shape index (κ2) is 6.90. The first kappa shape index (κ1) is 19.0. The number of hydrogen-bond donors (Lipinski definition) is 1. The van der Waals surface area contributed by atoms with Gasteiger partial charge in [-0.05, 0) is 49.8 Å².